The molecular formula is C10H12N2S. The molecular weight excluding hydrogens is 180 g/mol. The van der Waals surface area contributed by atoms with E-state index in [1.54, 1.807) is 11.3 Å². The monoisotopic (exact) mass is 192 g/mol. The molecule has 1 aromatic rings. The van der Waals surface area contributed by atoms with E-state index < -0.39 is 0 Å². The van der Waals surface area contributed by atoms with Gasteiger partial charge in [-0.1, -0.05) is 13.8 Å². The third kappa shape index (κ3) is 1.18. The molecule has 68 valence electrons. The van der Waals surface area contributed by atoms with E-state index in [9.17, 15) is 0 Å². The van der Waals surface area contributed by atoms with Gasteiger partial charge >= 0.3 is 0 Å². The smallest absolute Gasteiger partial charge is 0.110 e. The van der Waals surface area contributed by atoms with Crippen LogP contribution in [0.4, 0.5) is 0 Å². The summed E-state index contributed by atoms with van der Waals surface area (Å²) in [6.07, 6.45) is 0. The van der Waals surface area contributed by atoms with Gasteiger partial charge in [0, 0.05) is 16.8 Å². The normalized spacial score (nSPS) is 29.7. The second-order valence-electron chi connectivity index (χ2n) is 4.14. The number of nitriles is 1. The second kappa shape index (κ2) is 2.57. The first kappa shape index (κ1) is 8.74. The highest BCUT2D eigenvalue weighted by atomic mass is 32.1. The molecule has 1 saturated carbocycles. The fourth-order valence-corrected chi connectivity index (χ4v) is 2.95. The van der Waals surface area contributed by atoms with Crippen molar-refractivity contribution in [1.82, 2.24) is 0 Å². The van der Waals surface area contributed by atoms with Crippen molar-refractivity contribution in [3.63, 3.8) is 0 Å². The molecule has 3 heteroatoms. The molecule has 1 aliphatic carbocycles. The van der Waals surface area contributed by atoms with Crippen LogP contribution in [-0.4, -0.2) is 6.04 Å². The first-order valence-corrected chi connectivity index (χ1v) is 5.14. The van der Waals surface area contributed by atoms with E-state index >= 15 is 0 Å². The van der Waals surface area contributed by atoms with Crippen LogP contribution in [0.1, 0.15) is 29.5 Å². The molecule has 1 aliphatic rings. The molecule has 1 aromatic heterocycles. The SMILES string of the molecule is CC1(C)[C@H](N)[C@H]1c1ccc(C#N)s1. The van der Waals surface area contributed by atoms with Gasteiger partial charge in [-0.15, -0.1) is 11.3 Å². The number of nitrogens with zero attached hydrogens (tertiary/aromatic N) is 1. The summed E-state index contributed by atoms with van der Waals surface area (Å²) in [6, 6.07) is 6.32. The molecule has 0 spiro atoms. The van der Waals surface area contributed by atoms with Crippen LogP contribution in [0.3, 0.4) is 0 Å². The van der Waals surface area contributed by atoms with E-state index in [1.165, 1.54) is 4.88 Å². The summed E-state index contributed by atoms with van der Waals surface area (Å²) in [5, 5.41) is 8.68. The zero-order chi connectivity index (χ0) is 9.64. The van der Waals surface area contributed by atoms with Crippen LogP contribution >= 0.6 is 11.3 Å². The van der Waals surface area contributed by atoms with Crippen LogP contribution in [0.25, 0.3) is 0 Å². The van der Waals surface area contributed by atoms with Gasteiger partial charge in [-0.2, -0.15) is 5.26 Å². The van der Waals surface area contributed by atoms with Gasteiger partial charge in [0.25, 0.3) is 0 Å². The topological polar surface area (TPSA) is 49.8 Å². The summed E-state index contributed by atoms with van der Waals surface area (Å²) >= 11 is 1.57. The van der Waals surface area contributed by atoms with Gasteiger partial charge in [-0.25, -0.2) is 0 Å². The Bertz CT molecular complexity index is 373. The molecule has 2 N–H and O–H groups in total. The molecule has 2 rings (SSSR count). The predicted molar refractivity (Wildman–Crippen MR) is 53.5 cm³/mol. The van der Waals surface area contributed by atoms with Crippen molar-refractivity contribution < 1.29 is 0 Å². The van der Waals surface area contributed by atoms with E-state index in [2.05, 4.69) is 19.9 Å². The molecule has 1 fully saturated rings. The average Bonchev–Trinajstić information content (AvgIpc) is 2.55. The Morgan fingerprint density at radius 1 is 1.54 bits per heavy atom. The van der Waals surface area contributed by atoms with Crippen molar-refractivity contribution >= 4 is 11.3 Å². The second-order valence-corrected chi connectivity index (χ2v) is 5.25. The average molecular weight is 192 g/mol. The summed E-state index contributed by atoms with van der Waals surface area (Å²) in [4.78, 5) is 2.04. The van der Waals surface area contributed by atoms with Crippen LogP contribution in [0.15, 0.2) is 12.1 Å². The van der Waals surface area contributed by atoms with Crippen molar-refractivity contribution in [2.24, 2.45) is 11.1 Å². The highest BCUT2D eigenvalue weighted by Gasteiger charge is 2.56. The van der Waals surface area contributed by atoms with Crippen LogP contribution in [-0.2, 0) is 0 Å². The van der Waals surface area contributed by atoms with Gasteiger partial charge in [0.15, 0.2) is 0 Å². The Labute approximate surface area is 82.0 Å². The lowest BCUT2D eigenvalue weighted by molar-refractivity contribution is 0.601. The van der Waals surface area contributed by atoms with Gasteiger partial charge in [0.05, 0.1) is 0 Å². The summed E-state index contributed by atoms with van der Waals surface area (Å²) < 4.78 is 0. The minimum atomic E-state index is 0.220. The number of rotatable bonds is 1. The lowest BCUT2D eigenvalue weighted by Gasteiger charge is -1.97. The van der Waals surface area contributed by atoms with E-state index in [1.807, 2.05) is 12.1 Å². The first-order chi connectivity index (χ1) is 6.07. The fraction of sp³-hybridized carbons (Fsp3) is 0.500. The Balaban J connectivity index is 2.26. The Morgan fingerprint density at radius 2 is 2.15 bits per heavy atom. The molecule has 0 unspecified atom stereocenters. The molecule has 1 heterocycles. The summed E-state index contributed by atoms with van der Waals surface area (Å²) in [5.41, 5.74) is 6.17. The van der Waals surface area contributed by atoms with Crippen LogP contribution < -0.4 is 5.73 Å². The molecule has 0 saturated heterocycles. The van der Waals surface area contributed by atoms with Gasteiger partial charge in [0.1, 0.15) is 10.9 Å². The lowest BCUT2D eigenvalue weighted by Crippen LogP contribution is -2.06. The summed E-state index contributed by atoms with van der Waals surface area (Å²) in [5.74, 6) is 0.458. The van der Waals surface area contributed by atoms with E-state index in [4.69, 9.17) is 11.0 Å². The maximum absolute atomic E-state index is 8.68. The minimum Gasteiger partial charge on any atom is -0.327 e. The number of thiophene rings is 1. The number of hydrogen-bond acceptors (Lipinski definition) is 3. The van der Waals surface area contributed by atoms with Gasteiger partial charge in [-0.05, 0) is 17.5 Å². The maximum Gasteiger partial charge on any atom is 0.110 e. The quantitative estimate of drug-likeness (QED) is 0.740. The van der Waals surface area contributed by atoms with Gasteiger partial charge in [0.2, 0.25) is 0 Å². The Hall–Kier alpha value is -0.850. The van der Waals surface area contributed by atoms with Crippen molar-refractivity contribution in [2.45, 2.75) is 25.8 Å². The van der Waals surface area contributed by atoms with E-state index in [0.29, 0.717) is 5.92 Å². The van der Waals surface area contributed by atoms with E-state index in [0.717, 1.165) is 4.88 Å². The third-order valence-electron chi connectivity index (χ3n) is 2.95. The van der Waals surface area contributed by atoms with Gasteiger partial charge in [-0.3, -0.25) is 0 Å². The maximum atomic E-state index is 8.68. The van der Waals surface area contributed by atoms with Crippen LogP contribution in [0.5, 0.6) is 0 Å². The van der Waals surface area contributed by atoms with Gasteiger partial charge < -0.3 is 5.73 Å². The molecule has 0 aliphatic heterocycles. The third-order valence-corrected chi connectivity index (χ3v) is 4.03. The Kier molecular flexibility index (Phi) is 1.73. The molecule has 0 aromatic carbocycles. The highest BCUT2D eigenvalue weighted by molar-refractivity contribution is 7.12. The predicted octanol–water partition coefficient (Wildman–Crippen LogP) is 2.07. The number of hydrogen-bond donors (Lipinski definition) is 1. The van der Waals surface area contributed by atoms with Crippen molar-refractivity contribution in [3.05, 3.63) is 21.9 Å². The zero-order valence-corrected chi connectivity index (χ0v) is 8.56. The summed E-state index contributed by atoms with van der Waals surface area (Å²) in [6.45, 7) is 4.35. The van der Waals surface area contributed by atoms with Crippen LogP contribution in [0.2, 0.25) is 0 Å². The minimum absolute atomic E-state index is 0.220. The lowest BCUT2D eigenvalue weighted by atomic mass is 10.1. The Morgan fingerprint density at radius 3 is 2.54 bits per heavy atom. The number of nitrogens with two attached hydrogens (primary N) is 1. The molecule has 2 atom stereocenters. The largest absolute Gasteiger partial charge is 0.327 e. The molecule has 0 bridgehead atoms. The molecule has 0 amide bonds. The van der Waals surface area contributed by atoms with Crippen molar-refractivity contribution in [2.75, 3.05) is 0 Å². The first-order valence-electron chi connectivity index (χ1n) is 4.33. The molecule has 13 heavy (non-hydrogen) atoms. The fourth-order valence-electron chi connectivity index (χ4n) is 1.80. The zero-order valence-electron chi connectivity index (χ0n) is 7.74. The molecule has 0 radical (unpaired) electrons. The van der Waals surface area contributed by atoms with E-state index in [-0.39, 0.29) is 11.5 Å². The van der Waals surface area contributed by atoms with Crippen molar-refractivity contribution in [1.29, 1.82) is 5.26 Å². The molecule has 2 nitrogen and oxygen atoms in total. The van der Waals surface area contributed by atoms with Crippen molar-refractivity contribution in [3.8, 4) is 6.07 Å². The summed E-state index contributed by atoms with van der Waals surface area (Å²) in [7, 11) is 0. The highest BCUT2D eigenvalue weighted by Crippen LogP contribution is 2.58. The standard InChI is InChI=1S/C10H12N2S/c1-10(2)8(9(10)12)7-4-3-6(5-11)13-7/h3-4,8-9H,12H2,1-2H3/t8-,9-/m1/s1. The van der Waals surface area contributed by atoms with Crippen LogP contribution in [0, 0.1) is 16.7 Å².